The highest BCUT2D eigenvalue weighted by Crippen LogP contribution is 2.29. The molecule has 1 heterocycles. The van der Waals surface area contributed by atoms with Gasteiger partial charge in [0.2, 0.25) is 0 Å². The third-order valence-electron chi connectivity index (χ3n) is 3.89. The van der Waals surface area contributed by atoms with Crippen LogP contribution in [0.4, 0.5) is 5.69 Å². The summed E-state index contributed by atoms with van der Waals surface area (Å²) in [5.41, 5.74) is 8.33. The lowest BCUT2D eigenvalue weighted by Gasteiger charge is -2.35. The first-order valence-electron chi connectivity index (χ1n) is 6.98. The van der Waals surface area contributed by atoms with Gasteiger partial charge in [-0.15, -0.1) is 0 Å². The molecular weight excluding hydrogens is 244 g/mol. The van der Waals surface area contributed by atoms with E-state index in [4.69, 9.17) is 17.3 Å². The fourth-order valence-electron chi connectivity index (χ4n) is 2.84. The van der Waals surface area contributed by atoms with Crippen LogP contribution >= 0.6 is 11.6 Å². The molecule has 1 fully saturated rings. The second-order valence-corrected chi connectivity index (χ2v) is 5.61. The van der Waals surface area contributed by atoms with Crippen molar-refractivity contribution in [3.63, 3.8) is 0 Å². The third kappa shape index (κ3) is 3.18. The van der Waals surface area contributed by atoms with E-state index in [9.17, 15) is 0 Å². The molecule has 2 rings (SSSR count). The summed E-state index contributed by atoms with van der Waals surface area (Å²) in [5.74, 6) is 0.833. The molecule has 2 N–H and O–H groups in total. The second-order valence-electron chi connectivity index (χ2n) is 5.17. The highest BCUT2D eigenvalue weighted by Gasteiger charge is 2.20. The van der Waals surface area contributed by atoms with Crippen LogP contribution in [0, 0.1) is 5.92 Å². The van der Waals surface area contributed by atoms with Crippen molar-refractivity contribution in [3.05, 3.63) is 28.8 Å². The smallest absolute Gasteiger partial charge is 0.0410 e. The lowest BCUT2D eigenvalue weighted by Crippen LogP contribution is -2.35. The summed E-state index contributed by atoms with van der Waals surface area (Å²) in [5, 5.41) is 0.811. The number of rotatable bonds is 4. The number of anilines is 1. The van der Waals surface area contributed by atoms with Crippen molar-refractivity contribution >= 4 is 17.3 Å². The van der Waals surface area contributed by atoms with Gasteiger partial charge in [-0.3, -0.25) is 0 Å². The molecule has 0 bridgehead atoms. The first-order chi connectivity index (χ1) is 8.74. The quantitative estimate of drug-likeness (QED) is 0.904. The van der Waals surface area contributed by atoms with Crippen LogP contribution in [0.2, 0.25) is 5.02 Å². The van der Waals surface area contributed by atoms with Crippen LogP contribution in [0.25, 0.3) is 0 Å². The van der Waals surface area contributed by atoms with Gasteiger partial charge in [0.25, 0.3) is 0 Å². The Labute approximate surface area is 115 Å². The maximum atomic E-state index is 6.09. The number of piperidine rings is 1. The van der Waals surface area contributed by atoms with E-state index < -0.39 is 0 Å². The van der Waals surface area contributed by atoms with Gasteiger partial charge >= 0.3 is 0 Å². The average molecular weight is 267 g/mol. The molecule has 1 aromatic carbocycles. The first kappa shape index (κ1) is 13.7. The Kier molecular flexibility index (Phi) is 4.90. The molecule has 1 aromatic rings. The van der Waals surface area contributed by atoms with E-state index in [0.717, 1.165) is 23.9 Å². The van der Waals surface area contributed by atoms with E-state index in [1.165, 1.54) is 37.1 Å². The maximum Gasteiger partial charge on any atom is 0.0410 e. The highest BCUT2D eigenvalue weighted by molar-refractivity contribution is 6.30. The monoisotopic (exact) mass is 266 g/mol. The fraction of sp³-hybridized carbons (Fsp3) is 0.600. The van der Waals surface area contributed by atoms with Crippen LogP contribution in [0.15, 0.2) is 18.2 Å². The molecule has 18 heavy (non-hydrogen) atoms. The van der Waals surface area contributed by atoms with Crippen LogP contribution in [0.1, 0.15) is 31.7 Å². The summed E-state index contributed by atoms with van der Waals surface area (Å²) in [6.45, 7) is 5.31. The Morgan fingerprint density at radius 1 is 1.44 bits per heavy atom. The Balaban J connectivity index is 2.20. The number of halogens is 1. The minimum absolute atomic E-state index is 0.679. The summed E-state index contributed by atoms with van der Waals surface area (Å²) in [7, 11) is 0. The minimum atomic E-state index is 0.679. The van der Waals surface area contributed by atoms with Crippen molar-refractivity contribution in [2.75, 3.05) is 24.5 Å². The summed E-state index contributed by atoms with van der Waals surface area (Å²) in [6, 6.07) is 6.22. The summed E-state index contributed by atoms with van der Waals surface area (Å²) in [6.07, 6.45) is 4.84. The predicted octanol–water partition coefficient (Wildman–Crippen LogP) is 3.47. The summed E-state index contributed by atoms with van der Waals surface area (Å²) < 4.78 is 0. The van der Waals surface area contributed by atoms with Gasteiger partial charge in [0.05, 0.1) is 0 Å². The Hall–Kier alpha value is -0.730. The number of nitrogens with zero attached hydrogens (tertiary/aromatic N) is 1. The van der Waals surface area contributed by atoms with Crippen molar-refractivity contribution in [2.45, 2.75) is 32.6 Å². The van der Waals surface area contributed by atoms with Gasteiger partial charge in [0.15, 0.2) is 0 Å². The molecule has 0 aromatic heterocycles. The summed E-state index contributed by atoms with van der Waals surface area (Å²) >= 11 is 6.09. The van der Waals surface area contributed by atoms with Crippen molar-refractivity contribution < 1.29 is 0 Å². The first-order valence-corrected chi connectivity index (χ1v) is 7.35. The number of hydrogen-bond donors (Lipinski definition) is 1. The zero-order valence-corrected chi connectivity index (χ0v) is 11.9. The van der Waals surface area contributed by atoms with Crippen molar-refractivity contribution in [2.24, 2.45) is 11.7 Å². The highest BCUT2D eigenvalue weighted by atomic mass is 35.5. The zero-order valence-electron chi connectivity index (χ0n) is 11.2. The zero-order chi connectivity index (χ0) is 13.0. The Morgan fingerprint density at radius 3 is 3.00 bits per heavy atom. The SMILES string of the molecule is CCC1CCCN(c2ccc(Cl)cc2CCN)C1. The standard InChI is InChI=1S/C15H23ClN2/c1-2-12-4-3-9-18(11-12)15-6-5-14(16)10-13(15)7-8-17/h5-6,10,12H,2-4,7-9,11,17H2,1H3. The third-order valence-corrected chi connectivity index (χ3v) is 4.13. The average Bonchev–Trinajstić information content (AvgIpc) is 2.39. The molecule has 100 valence electrons. The molecule has 1 aliphatic rings. The molecule has 0 amide bonds. The number of hydrogen-bond acceptors (Lipinski definition) is 2. The van der Waals surface area contributed by atoms with Crippen molar-refractivity contribution in [3.8, 4) is 0 Å². The molecule has 1 atom stereocenters. The van der Waals surface area contributed by atoms with Crippen LogP contribution in [0.3, 0.4) is 0 Å². The van der Waals surface area contributed by atoms with E-state index in [1.807, 2.05) is 6.07 Å². The van der Waals surface area contributed by atoms with Gasteiger partial charge in [0.1, 0.15) is 0 Å². The normalized spacial score (nSPS) is 20.2. The second kappa shape index (κ2) is 6.44. The van der Waals surface area contributed by atoms with Crippen molar-refractivity contribution in [1.82, 2.24) is 0 Å². The largest absolute Gasteiger partial charge is 0.371 e. The fourth-order valence-corrected chi connectivity index (χ4v) is 3.03. The molecular formula is C15H23ClN2. The Morgan fingerprint density at radius 2 is 2.28 bits per heavy atom. The molecule has 2 nitrogen and oxygen atoms in total. The van der Waals surface area contributed by atoms with Crippen LogP contribution in [0.5, 0.6) is 0 Å². The molecule has 0 aliphatic carbocycles. The molecule has 0 saturated carbocycles. The van der Waals surface area contributed by atoms with Crippen LogP contribution in [-0.4, -0.2) is 19.6 Å². The Bertz CT molecular complexity index is 392. The van der Waals surface area contributed by atoms with Crippen LogP contribution < -0.4 is 10.6 Å². The van der Waals surface area contributed by atoms with Crippen molar-refractivity contribution in [1.29, 1.82) is 0 Å². The number of benzene rings is 1. The van der Waals surface area contributed by atoms with Gasteiger partial charge < -0.3 is 10.6 Å². The molecule has 3 heteroatoms. The van der Waals surface area contributed by atoms with E-state index >= 15 is 0 Å². The number of nitrogens with two attached hydrogens (primary N) is 1. The van der Waals surface area contributed by atoms with E-state index in [-0.39, 0.29) is 0 Å². The molecule has 1 aliphatic heterocycles. The summed E-state index contributed by atoms with van der Waals surface area (Å²) in [4.78, 5) is 2.51. The van der Waals surface area contributed by atoms with Crippen LogP contribution in [-0.2, 0) is 6.42 Å². The molecule has 0 spiro atoms. The molecule has 1 unspecified atom stereocenters. The molecule has 1 saturated heterocycles. The van der Waals surface area contributed by atoms with Gasteiger partial charge in [-0.25, -0.2) is 0 Å². The van der Waals surface area contributed by atoms with Gasteiger partial charge in [-0.1, -0.05) is 24.9 Å². The van der Waals surface area contributed by atoms with E-state index in [2.05, 4.69) is 24.0 Å². The minimum Gasteiger partial charge on any atom is -0.371 e. The lowest BCUT2D eigenvalue weighted by molar-refractivity contribution is 0.404. The molecule has 0 radical (unpaired) electrons. The van der Waals surface area contributed by atoms with Gasteiger partial charge in [-0.05, 0) is 55.5 Å². The van der Waals surface area contributed by atoms with E-state index in [1.54, 1.807) is 0 Å². The predicted molar refractivity (Wildman–Crippen MR) is 79.4 cm³/mol. The van der Waals surface area contributed by atoms with E-state index in [0.29, 0.717) is 6.54 Å². The topological polar surface area (TPSA) is 29.3 Å². The van der Waals surface area contributed by atoms with Gasteiger partial charge in [-0.2, -0.15) is 0 Å². The maximum absolute atomic E-state index is 6.09. The van der Waals surface area contributed by atoms with Gasteiger partial charge in [0, 0.05) is 23.8 Å². The lowest BCUT2D eigenvalue weighted by atomic mass is 9.94.